The van der Waals surface area contributed by atoms with Crippen LogP contribution in [0.2, 0.25) is 10.0 Å². The summed E-state index contributed by atoms with van der Waals surface area (Å²) in [6.45, 7) is 7.98. The molecule has 32 heavy (non-hydrogen) atoms. The molecular weight excluding hydrogens is 469 g/mol. The Morgan fingerprint density at radius 3 is 2.12 bits per heavy atom. The van der Waals surface area contributed by atoms with Crippen molar-refractivity contribution in [3.05, 3.63) is 62.6 Å². The number of carbonyl (C=O) groups excluding carboxylic acids is 1. The number of halogens is 2. The third kappa shape index (κ3) is 5.64. The van der Waals surface area contributed by atoms with Crippen LogP contribution < -0.4 is 0 Å². The summed E-state index contributed by atoms with van der Waals surface area (Å²) in [5.41, 5.74) is 2.97. The number of aryl methyl sites for hydroxylation is 3. The largest absolute Gasteiger partial charge is 0.339 e. The Morgan fingerprint density at radius 2 is 1.56 bits per heavy atom. The Kier molecular flexibility index (Phi) is 7.89. The Morgan fingerprint density at radius 1 is 0.969 bits per heavy atom. The lowest BCUT2D eigenvalue weighted by atomic mass is 10.1. The number of hydrogen-bond donors (Lipinski definition) is 0. The average molecular weight is 498 g/mol. The molecule has 1 saturated heterocycles. The van der Waals surface area contributed by atoms with E-state index >= 15 is 0 Å². The number of carbonyl (C=O) groups is 1. The first-order chi connectivity index (χ1) is 15.0. The molecule has 0 aromatic heterocycles. The van der Waals surface area contributed by atoms with Crippen molar-refractivity contribution in [2.24, 2.45) is 0 Å². The molecule has 174 valence electrons. The molecule has 1 aliphatic rings. The van der Waals surface area contributed by atoms with Crippen molar-refractivity contribution in [1.82, 2.24) is 14.1 Å². The number of rotatable bonds is 6. The maximum Gasteiger partial charge on any atom is 0.244 e. The minimum atomic E-state index is -3.95. The number of hydrogen-bond acceptors (Lipinski definition) is 4. The lowest BCUT2D eigenvalue weighted by molar-refractivity contribution is -0.133. The van der Waals surface area contributed by atoms with Gasteiger partial charge in [-0.3, -0.25) is 4.79 Å². The van der Waals surface area contributed by atoms with Crippen molar-refractivity contribution in [3.8, 4) is 0 Å². The predicted molar refractivity (Wildman–Crippen MR) is 129 cm³/mol. The molecule has 3 rings (SSSR count). The first-order valence-electron chi connectivity index (χ1n) is 10.5. The van der Waals surface area contributed by atoms with Crippen molar-refractivity contribution in [2.75, 3.05) is 39.8 Å². The van der Waals surface area contributed by atoms with Crippen LogP contribution in [0.1, 0.15) is 22.3 Å². The van der Waals surface area contributed by atoms with E-state index in [-0.39, 0.29) is 23.9 Å². The highest BCUT2D eigenvalue weighted by Gasteiger charge is 2.32. The average Bonchev–Trinajstić information content (AvgIpc) is 2.69. The molecule has 0 unspecified atom stereocenters. The van der Waals surface area contributed by atoms with Gasteiger partial charge in [-0.25, -0.2) is 8.42 Å². The Labute approximate surface area is 200 Å². The van der Waals surface area contributed by atoms with E-state index in [1.165, 1.54) is 4.31 Å². The minimum Gasteiger partial charge on any atom is -0.339 e. The fourth-order valence-corrected chi connectivity index (χ4v) is 6.19. The topological polar surface area (TPSA) is 60.9 Å². The Hall–Kier alpha value is -1.64. The molecule has 1 fully saturated rings. The third-order valence-corrected chi connectivity index (χ3v) is 8.55. The zero-order valence-corrected chi connectivity index (χ0v) is 21.2. The summed E-state index contributed by atoms with van der Waals surface area (Å²) in [4.78, 5) is 17.2. The van der Waals surface area contributed by atoms with Gasteiger partial charge in [0.2, 0.25) is 15.9 Å². The number of sulfonamides is 1. The maximum atomic E-state index is 13.8. The van der Waals surface area contributed by atoms with E-state index in [0.29, 0.717) is 39.8 Å². The molecule has 1 amide bonds. The second-order valence-electron chi connectivity index (χ2n) is 8.43. The standard InChI is InChI=1S/C23H29Cl2N3O3S/c1-16-11-17(2)23(18(3)12-16)32(30,31)28(14-19-5-6-20(24)21(25)13-19)15-22(29)27-9-7-26(4)8-10-27/h5-6,11-13H,7-10,14-15H2,1-4H3. The van der Waals surface area contributed by atoms with Gasteiger partial charge in [0.1, 0.15) is 0 Å². The fourth-order valence-electron chi connectivity index (χ4n) is 4.08. The third-order valence-electron chi connectivity index (χ3n) is 5.71. The van der Waals surface area contributed by atoms with E-state index in [2.05, 4.69) is 4.90 Å². The molecule has 1 heterocycles. The summed E-state index contributed by atoms with van der Waals surface area (Å²) in [5.74, 6) is -0.204. The van der Waals surface area contributed by atoms with Crippen molar-refractivity contribution in [2.45, 2.75) is 32.2 Å². The van der Waals surface area contributed by atoms with Gasteiger partial charge in [-0.2, -0.15) is 4.31 Å². The molecule has 2 aromatic carbocycles. The summed E-state index contributed by atoms with van der Waals surface area (Å²) < 4.78 is 28.8. The number of benzene rings is 2. The van der Waals surface area contributed by atoms with Crippen LogP contribution in [0.4, 0.5) is 0 Å². The summed E-state index contributed by atoms with van der Waals surface area (Å²) in [5, 5.41) is 0.734. The summed E-state index contributed by atoms with van der Waals surface area (Å²) in [7, 11) is -1.94. The van der Waals surface area contributed by atoms with Crippen LogP contribution in [0, 0.1) is 20.8 Å². The van der Waals surface area contributed by atoms with Crippen LogP contribution in [0.25, 0.3) is 0 Å². The fraction of sp³-hybridized carbons (Fsp3) is 0.435. The predicted octanol–water partition coefficient (Wildman–Crippen LogP) is 3.88. The van der Waals surface area contributed by atoms with Gasteiger partial charge in [-0.15, -0.1) is 0 Å². The number of piperazine rings is 1. The number of nitrogens with zero attached hydrogens (tertiary/aromatic N) is 3. The van der Waals surface area contributed by atoms with E-state index in [4.69, 9.17) is 23.2 Å². The van der Waals surface area contributed by atoms with Crippen LogP contribution >= 0.6 is 23.2 Å². The van der Waals surface area contributed by atoms with Crippen molar-refractivity contribution in [3.63, 3.8) is 0 Å². The number of likely N-dealkylation sites (N-methyl/N-ethyl adjacent to an activating group) is 1. The van der Waals surface area contributed by atoms with Gasteiger partial charge in [-0.05, 0) is 56.6 Å². The number of amides is 1. The van der Waals surface area contributed by atoms with Crippen LogP contribution in [0.15, 0.2) is 35.2 Å². The molecule has 1 aliphatic heterocycles. The molecule has 0 bridgehead atoms. The van der Waals surface area contributed by atoms with Gasteiger partial charge in [0, 0.05) is 32.7 Å². The van der Waals surface area contributed by atoms with E-state index < -0.39 is 10.0 Å². The summed E-state index contributed by atoms with van der Waals surface area (Å²) in [6, 6.07) is 8.70. The second kappa shape index (κ2) is 10.1. The first kappa shape index (κ1) is 25.0. The van der Waals surface area contributed by atoms with Crippen molar-refractivity contribution in [1.29, 1.82) is 0 Å². The smallest absolute Gasteiger partial charge is 0.244 e. The Balaban J connectivity index is 1.97. The van der Waals surface area contributed by atoms with Crippen molar-refractivity contribution >= 4 is 39.1 Å². The van der Waals surface area contributed by atoms with E-state index in [1.807, 2.05) is 26.1 Å². The normalized spacial score (nSPS) is 15.4. The molecule has 0 N–H and O–H groups in total. The molecule has 0 spiro atoms. The van der Waals surface area contributed by atoms with Crippen LogP contribution in [0.3, 0.4) is 0 Å². The summed E-state index contributed by atoms with van der Waals surface area (Å²) >= 11 is 12.2. The highest BCUT2D eigenvalue weighted by atomic mass is 35.5. The lowest BCUT2D eigenvalue weighted by Gasteiger charge is -2.34. The monoisotopic (exact) mass is 497 g/mol. The molecule has 0 radical (unpaired) electrons. The highest BCUT2D eigenvalue weighted by molar-refractivity contribution is 7.89. The SMILES string of the molecule is Cc1cc(C)c(S(=O)(=O)N(CC(=O)N2CCN(C)CC2)Cc2ccc(Cl)c(Cl)c2)c(C)c1. The molecule has 6 nitrogen and oxygen atoms in total. The van der Waals surface area contributed by atoms with Gasteiger partial charge in [-0.1, -0.05) is 47.0 Å². The first-order valence-corrected chi connectivity index (χ1v) is 12.7. The molecule has 9 heteroatoms. The lowest BCUT2D eigenvalue weighted by Crippen LogP contribution is -2.50. The van der Waals surface area contributed by atoms with Gasteiger partial charge >= 0.3 is 0 Å². The zero-order valence-electron chi connectivity index (χ0n) is 18.9. The highest BCUT2D eigenvalue weighted by Crippen LogP contribution is 2.28. The van der Waals surface area contributed by atoms with Gasteiger partial charge in [0.05, 0.1) is 21.5 Å². The van der Waals surface area contributed by atoms with Gasteiger partial charge in [0.15, 0.2) is 0 Å². The van der Waals surface area contributed by atoms with Crippen LogP contribution in [-0.4, -0.2) is 68.2 Å². The van der Waals surface area contributed by atoms with Crippen LogP contribution in [0.5, 0.6) is 0 Å². The molecule has 0 aliphatic carbocycles. The summed E-state index contributed by atoms with van der Waals surface area (Å²) in [6.07, 6.45) is 0. The molecule has 2 aromatic rings. The van der Waals surface area contributed by atoms with E-state index in [9.17, 15) is 13.2 Å². The minimum absolute atomic E-state index is 0.0193. The molecular formula is C23H29Cl2N3O3S. The quantitative estimate of drug-likeness (QED) is 0.607. The zero-order chi connectivity index (χ0) is 23.6. The van der Waals surface area contributed by atoms with E-state index in [0.717, 1.165) is 18.7 Å². The van der Waals surface area contributed by atoms with Crippen LogP contribution in [-0.2, 0) is 21.4 Å². The van der Waals surface area contributed by atoms with Crippen molar-refractivity contribution < 1.29 is 13.2 Å². The molecule has 0 atom stereocenters. The Bertz CT molecular complexity index is 1090. The maximum absolute atomic E-state index is 13.8. The molecule has 0 saturated carbocycles. The van der Waals surface area contributed by atoms with E-state index in [1.54, 1.807) is 36.9 Å². The van der Waals surface area contributed by atoms with Gasteiger partial charge < -0.3 is 9.80 Å². The van der Waals surface area contributed by atoms with Gasteiger partial charge in [0.25, 0.3) is 0 Å². The second-order valence-corrected chi connectivity index (χ2v) is 11.1.